The summed E-state index contributed by atoms with van der Waals surface area (Å²) in [6.45, 7) is 6.95. The van der Waals surface area contributed by atoms with Crippen LogP contribution in [0.2, 0.25) is 10.0 Å². The van der Waals surface area contributed by atoms with E-state index in [0.29, 0.717) is 22.5 Å². The van der Waals surface area contributed by atoms with Crippen LogP contribution in [0.4, 0.5) is 0 Å². The molecule has 2 atom stereocenters. The van der Waals surface area contributed by atoms with E-state index in [1.165, 1.54) is 0 Å². The Kier molecular flexibility index (Phi) is 7.90. The zero-order valence-corrected chi connectivity index (χ0v) is 14.0. The molecule has 0 saturated carbocycles. The first-order valence-electron chi connectivity index (χ1n) is 7.39. The highest BCUT2D eigenvalue weighted by Crippen LogP contribution is 2.27. The average Bonchev–Trinajstić information content (AvgIpc) is 2.44. The highest BCUT2D eigenvalue weighted by atomic mass is 35.5. The fourth-order valence-electron chi connectivity index (χ4n) is 2.49. The van der Waals surface area contributed by atoms with E-state index < -0.39 is 0 Å². The number of aliphatic hydroxyl groups is 1. The summed E-state index contributed by atoms with van der Waals surface area (Å²) < 4.78 is 0. The van der Waals surface area contributed by atoms with Crippen LogP contribution in [0.15, 0.2) is 18.2 Å². The fraction of sp³-hybridized carbons (Fsp3) is 0.625. The molecule has 0 spiro atoms. The van der Waals surface area contributed by atoms with E-state index in [0.717, 1.165) is 24.8 Å². The Morgan fingerprint density at radius 3 is 2.20 bits per heavy atom. The van der Waals surface area contributed by atoms with Crippen molar-refractivity contribution < 1.29 is 5.11 Å². The number of benzene rings is 1. The second kappa shape index (κ2) is 8.89. The molecule has 4 heteroatoms. The van der Waals surface area contributed by atoms with Gasteiger partial charge in [-0.3, -0.25) is 0 Å². The Hall–Kier alpha value is -0.280. The third-order valence-corrected chi connectivity index (χ3v) is 4.66. The minimum atomic E-state index is -0.304. The number of halogens is 2. The largest absolute Gasteiger partial charge is 0.392 e. The van der Waals surface area contributed by atoms with Gasteiger partial charge in [0.05, 0.1) is 16.1 Å². The Balaban J connectivity index is 2.65. The van der Waals surface area contributed by atoms with Crippen molar-refractivity contribution in [3.8, 4) is 0 Å². The molecule has 1 aromatic carbocycles. The van der Waals surface area contributed by atoms with Crippen LogP contribution in [0, 0.1) is 5.92 Å². The summed E-state index contributed by atoms with van der Waals surface area (Å²) in [4.78, 5) is 0. The van der Waals surface area contributed by atoms with E-state index in [-0.39, 0.29) is 12.1 Å². The fourth-order valence-corrected chi connectivity index (χ4v) is 2.80. The highest BCUT2D eigenvalue weighted by Gasteiger charge is 2.17. The van der Waals surface area contributed by atoms with Gasteiger partial charge in [0, 0.05) is 12.6 Å². The van der Waals surface area contributed by atoms with Crippen LogP contribution < -0.4 is 5.32 Å². The summed E-state index contributed by atoms with van der Waals surface area (Å²) in [5.74, 6) is 0.355. The highest BCUT2D eigenvalue weighted by molar-refractivity contribution is 6.42. The third kappa shape index (κ3) is 4.92. The van der Waals surface area contributed by atoms with E-state index in [4.69, 9.17) is 23.2 Å². The van der Waals surface area contributed by atoms with E-state index >= 15 is 0 Å². The molecule has 20 heavy (non-hydrogen) atoms. The van der Waals surface area contributed by atoms with Crippen LogP contribution in [0.25, 0.3) is 0 Å². The Morgan fingerprint density at radius 2 is 1.70 bits per heavy atom. The van der Waals surface area contributed by atoms with Crippen LogP contribution in [-0.2, 0) is 0 Å². The number of hydrogen-bond donors (Lipinski definition) is 2. The summed E-state index contributed by atoms with van der Waals surface area (Å²) in [6.07, 6.45) is 2.64. The summed E-state index contributed by atoms with van der Waals surface area (Å²) in [6, 6.07) is 5.89. The number of aliphatic hydroxyl groups excluding tert-OH is 1. The predicted molar refractivity (Wildman–Crippen MR) is 87.6 cm³/mol. The van der Waals surface area contributed by atoms with Crippen molar-refractivity contribution >= 4 is 23.2 Å². The topological polar surface area (TPSA) is 32.3 Å². The molecule has 0 bridgehead atoms. The van der Waals surface area contributed by atoms with Gasteiger partial charge in [0.15, 0.2) is 0 Å². The van der Waals surface area contributed by atoms with Crippen molar-refractivity contribution in [1.29, 1.82) is 0 Å². The van der Waals surface area contributed by atoms with Gasteiger partial charge in [0.25, 0.3) is 0 Å². The first-order chi connectivity index (χ1) is 9.53. The number of hydrogen-bond acceptors (Lipinski definition) is 2. The molecule has 114 valence electrons. The van der Waals surface area contributed by atoms with Gasteiger partial charge in [0.2, 0.25) is 0 Å². The molecule has 0 radical (unpaired) electrons. The Morgan fingerprint density at radius 1 is 1.05 bits per heavy atom. The molecule has 0 heterocycles. The van der Waals surface area contributed by atoms with Gasteiger partial charge in [-0.2, -0.15) is 0 Å². The van der Waals surface area contributed by atoms with E-state index in [1.54, 1.807) is 0 Å². The zero-order chi connectivity index (χ0) is 15.1. The van der Waals surface area contributed by atoms with Crippen molar-refractivity contribution in [3.63, 3.8) is 0 Å². The maximum Gasteiger partial charge on any atom is 0.0692 e. The lowest BCUT2D eigenvalue weighted by molar-refractivity contribution is 0.0981. The van der Waals surface area contributed by atoms with Crippen LogP contribution >= 0.6 is 23.2 Å². The smallest absolute Gasteiger partial charge is 0.0692 e. The van der Waals surface area contributed by atoms with Gasteiger partial charge in [-0.05, 0) is 30.0 Å². The summed E-state index contributed by atoms with van der Waals surface area (Å²) in [5.41, 5.74) is 1.11. The van der Waals surface area contributed by atoms with Crippen LogP contribution in [0.1, 0.15) is 51.6 Å². The summed E-state index contributed by atoms with van der Waals surface area (Å²) in [5, 5.41) is 14.8. The van der Waals surface area contributed by atoms with Crippen molar-refractivity contribution in [2.45, 2.75) is 52.2 Å². The molecule has 1 aromatic rings. The quantitative estimate of drug-likeness (QED) is 0.719. The van der Waals surface area contributed by atoms with Gasteiger partial charge in [-0.25, -0.2) is 0 Å². The Bertz CT molecular complexity index is 407. The summed E-state index contributed by atoms with van der Waals surface area (Å²) >= 11 is 12.0. The monoisotopic (exact) mass is 317 g/mol. The molecule has 0 saturated heterocycles. The number of nitrogens with one attached hydrogen (secondary N) is 1. The lowest BCUT2D eigenvalue weighted by Crippen LogP contribution is -2.34. The van der Waals surface area contributed by atoms with Gasteiger partial charge >= 0.3 is 0 Å². The van der Waals surface area contributed by atoms with Gasteiger partial charge in [-0.15, -0.1) is 0 Å². The second-order valence-electron chi connectivity index (χ2n) is 5.19. The minimum Gasteiger partial charge on any atom is -0.392 e. The molecule has 0 aliphatic carbocycles. The van der Waals surface area contributed by atoms with Gasteiger partial charge in [0.1, 0.15) is 0 Å². The lowest BCUT2D eigenvalue weighted by atomic mass is 9.96. The molecule has 2 unspecified atom stereocenters. The normalized spacial score (nSPS) is 14.6. The Labute approximate surface area is 132 Å². The van der Waals surface area contributed by atoms with Crippen molar-refractivity contribution in [2.75, 3.05) is 6.54 Å². The molecule has 0 amide bonds. The zero-order valence-electron chi connectivity index (χ0n) is 12.5. The van der Waals surface area contributed by atoms with Crippen molar-refractivity contribution in [3.05, 3.63) is 33.8 Å². The van der Waals surface area contributed by atoms with Crippen LogP contribution in [0.5, 0.6) is 0 Å². The molecule has 0 aliphatic heterocycles. The van der Waals surface area contributed by atoms with Crippen LogP contribution in [-0.4, -0.2) is 17.8 Å². The molecule has 2 nitrogen and oxygen atoms in total. The molecular weight excluding hydrogens is 293 g/mol. The van der Waals surface area contributed by atoms with E-state index in [1.807, 2.05) is 18.2 Å². The predicted octanol–water partition coefficient (Wildman–Crippen LogP) is 4.83. The van der Waals surface area contributed by atoms with Gasteiger partial charge in [-0.1, -0.05) is 62.9 Å². The standard InChI is InChI=1S/C16H25Cl2NO/c1-4-11(5-2)16(20)10-19-15(6-3)12-7-8-13(17)14(18)9-12/h7-9,11,15-16,19-20H,4-6,10H2,1-3H3. The van der Waals surface area contributed by atoms with Crippen molar-refractivity contribution in [2.24, 2.45) is 5.92 Å². The van der Waals surface area contributed by atoms with Crippen molar-refractivity contribution in [1.82, 2.24) is 5.32 Å². The maximum atomic E-state index is 10.2. The van der Waals surface area contributed by atoms with E-state index in [2.05, 4.69) is 26.1 Å². The first kappa shape index (κ1) is 17.8. The summed E-state index contributed by atoms with van der Waals surface area (Å²) in [7, 11) is 0. The molecule has 0 aliphatic rings. The molecule has 1 rings (SSSR count). The molecular formula is C16H25Cl2NO. The number of rotatable bonds is 8. The van der Waals surface area contributed by atoms with Gasteiger partial charge < -0.3 is 10.4 Å². The van der Waals surface area contributed by atoms with Crippen LogP contribution in [0.3, 0.4) is 0 Å². The average molecular weight is 318 g/mol. The second-order valence-corrected chi connectivity index (χ2v) is 6.00. The third-order valence-electron chi connectivity index (χ3n) is 3.92. The molecule has 0 fully saturated rings. The first-order valence-corrected chi connectivity index (χ1v) is 8.15. The van der Waals surface area contributed by atoms with E-state index in [9.17, 15) is 5.11 Å². The maximum absolute atomic E-state index is 10.2. The molecule has 0 aromatic heterocycles. The molecule has 2 N–H and O–H groups in total. The minimum absolute atomic E-state index is 0.189. The lowest BCUT2D eigenvalue weighted by Gasteiger charge is -2.24. The SMILES string of the molecule is CCC(NCC(O)C(CC)CC)c1ccc(Cl)c(Cl)c1.